The maximum absolute atomic E-state index is 5.54. The molecule has 0 atom stereocenters. The fraction of sp³-hybridized carbons (Fsp3) is 0.625. The topological polar surface area (TPSA) is 0 Å². The van der Waals surface area contributed by atoms with Crippen molar-refractivity contribution in [3.05, 3.63) is 35.4 Å². The quantitative estimate of drug-likeness (QED) is 0.554. The van der Waals surface area contributed by atoms with E-state index in [1.165, 1.54) is 25.7 Å². The second-order valence-corrected chi connectivity index (χ2v) is 5.82. The number of hydrogen-bond donors (Lipinski definition) is 0. The number of rotatable bonds is 0. The van der Waals surface area contributed by atoms with Crippen LogP contribution in [-0.4, -0.2) is 0 Å². The minimum atomic E-state index is 0.794. The third-order valence-electron chi connectivity index (χ3n) is 4.20. The fourth-order valence-electron chi connectivity index (χ4n) is 3.27. The molecule has 0 N–H and O–H groups in total. The Morgan fingerprint density at radius 2 is 1.12 bits per heavy atom. The van der Waals surface area contributed by atoms with E-state index in [-0.39, 0.29) is 0 Å². The molecular formula is C16H23Cl. The van der Waals surface area contributed by atoms with Crippen molar-refractivity contribution in [1.29, 1.82) is 0 Å². The van der Waals surface area contributed by atoms with E-state index in [1.54, 1.807) is 25.7 Å². The Morgan fingerprint density at radius 1 is 0.706 bits per heavy atom. The molecule has 2 saturated carbocycles. The van der Waals surface area contributed by atoms with E-state index in [1.807, 2.05) is 30.3 Å². The fourth-order valence-corrected chi connectivity index (χ4v) is 3.42. The minimum absolute atomic E-state index is 0.794. The molecule has 2 aliphatic carbocycles. The highest BCUT2D eigenvalue weighted by Crippen LogP contribution is 2.39. The highest BCUT2D eigenvalue weighted by Gasteiger charge is 2.26. The Kier molecular flexibility index (Phi) is 5.38. The van der Waals surface area contributed by atoms with Gasteiger partial charge in [0.05, 0.1) is 0 Å². The first-order valence-corrected chi connectivity index (χ1v) is 7.44. The first-order chi connectivity index (χ1) is 8.36. The van der Waals surface area contributed by atoms with Crippen LogP contribution in [0.1, 0.15) is 51.4 Å². The third-order valence-corrected chi connectivity index (χ3v) is 4.45. The molecule has 0 aliphatic heterocycles. The normalized spacial score (nSPS) is 27.6. The van der Waals surface area contributed by atoms with Crippen LogP contribution in [0.4, 0.5) is 0 Å². The molecule has 0 amide bonds. The van der Waals surface area contributed by atoms with Gasteiger partial charge in [0, 0.05) is 5.02 Å². The zero-order valence-corrected chi connectivity index (χ0v) is 11.3. The summed E-state index contributed by atoms with van der Waals surface area (Å²) in [5, 5.41) is 0.794. The molecule has 2 fully saturated rings. The van der Waals surface area contributed by atoms with Crippen LogP contribution in [0.2, 0.25) is 5.02 Å². The summed E-state index contributed by atoms with van der Waals surface area (Å²) in [6.45, 7) is 0. The number of halogens is 1. The van der Waals surface area contributed by atoms with Crippen molar-refractivity contribution < 1.29 is 0 Å². The molecule has 1 heteroatoms. The van der Waals surface area contributed by atoms with Crippen LogP contribution in [-0.2, 0) is 0 Å². The van der Waals surface area contributed by atoms with Gasteiger partial charge in [0.25, 0.3) is 0 Å². The Morgan fingerprint density at radius 3 is 1.41 bits per heavy atom. The van der Waals surface area contributed by atoms with Crippen molar-refractivity contribution in [3.63, 3.8) is 0 Å². The molecule has 0 aromatic heterocycles. The van der Waals surface area contributed by atoms with Gasteiger partial charge in [-0.3, -0.25) is 0 Å². The van der Waals surface area contributed by atoms with Gasteiger partial charge in [-0.15, -0.1) is 0 Å². The van der Waals surface area contributed by atoms with E-state index in [9.17, 15) is 0 Å². The first kappa shape index (κ1) is 13.0. The van der Waals surface area contributed by atoms with E-state index < -0.39 is 0 Å². The van der Waals surface area contributed by atoms with Gasteiger partial charge in [0.1, 0.15) is 0 Å². The molecule has 0 heterocycles. The van der Waals surface area contributed by atoms with Crippen LogP contribution in [0.5, 0.6) is 0 Å². The van der Waals surface area contributed by atoms with E-state index in [0.29, 0.717) is 0 Å². The lowest BCUT2D eigenvalue weighted by Gasteiger charge is -2.35. The Balaban J connectivity index is 0.000000136. The Bertz CT molecular complexity index is 281. The van der Waals surface area contributed by atoms with Crippen LogP contribution < -0.4 is 0 Å². The van der Waals surface area contributed by atoms with Crippen molar-refractivity contribution in [2.24, 2.45) is 11.8 Å². The van der Waals surface area contributed by atoms with Crippen LogP contribution in [0.15, 0.2) is 30.3 Å². The molecule has 2 aliphatic rings. The lowest BCUT2D eigenvalue weighted by atomic mass is 9.71. The maximum atomic E-state index is 5.54. The van der Waals surface area contributed by atoms with Crippen molar-refractivity contribution in [3.8, 4) is 0 Å². The Labute approximate surface area is 110 Å². The average Bonchev–Trinajstić information content (AvgIpc) is 2.41. The molecule has 0 spiro atoms. The van der Waals surface area contributed by atoms with Crippen LogP contribution in [0.25, 0.3) is 0 Å². The molecule has 0 bridgehead atoms. The van der Waals surface area contributed by atoms with Crippen molar-refractivity contribution >= 4 is 11.6 Å². The average molecular weight is 251 g/mol. The summed E-state index contributed by atoms with van der Waals surface area (Å²) in [7, 11) is 0. The monoisotopic (exact) mass is 250 g/mol. The van der Waals surface area contributed by atoms with Gasteiger partial charge in [-0.05, 0) is 24.0 Å². The second kappa shape index (κ2) is 7.06. The molecule has 0 nitrogen and oxygen atoms in total. The van der Waals surface area contributed by atoms with Gasteiger partial charge in [0.2, 0.25) is 0 Å². The first-order valence-electron chi connectivity index (χ1n) is 7.07. The SMILES string of the molecule is C1CCC2CCCCC2C1.Clc1ccccc1. The van der Waals surface area contributed by atoms with Crippen LogP contribution in [0.3, 0.4) is 0 Å². The maximum Gasteiger partial charge on any atom is 0.0405 e. The molecule has 1 aromatic rings. The standard InChI is InChI=1S/C10H18.C6H5Cl/c1-2-6-10-8-4-3-7-9(10)5-1;7-6-4-2-1-3-5-6/h9-10H,1-8H2;1-5H. The van der Waals surface area contributed by atoms with Crippen LogP contribution >= 0.6 is 11.6 Å². The number of hydrogen-bond acceptors (Lipinski definition) is 0. The smallest absolute Gasteiger partial charge is 0.0405 e. The van der Waals surface area contributed by atoms with Gasteiger partial charge in [-0.25, -0.2) is 0 Å². The largest absolute Gasteiger partial charge is 0.0843 e. The van der Waals surface area contributed by atoms with Gasteiger partial charge in [0.15, 0.2) is 0 Å². The zero-order valence-electron chi connectivity index (χ0n) is 10.6. The van der Waals surface area contributed by atoms with Crippen LogP contribution in [0, 0.1) is 11.8 Å². The Hall–Kier alpha value is -0.490. The lowest BCUT2D eigenvalue weighted by molar-refractivity contribution is 0.171. The van der Waals surface area contributed by atoms with E-state index >= 15 is 0 Å². The predicted octanol–water partition coefficient (Wildman–Crippen LogP) is 5.71. The third kappa shape index (κ3) is 4.35. The van der Waals surface area contributed by atoms with Gasteiger partial charge < -0.3 is 0 Å². The molecule has 0 saturated heterocycles. The van der Waals surface area contributed by atoms with Gasteiger partial charge >= 0.3 is 0 Å². The number of fused-ring (bicyclic) bond motifs is 1. The predicted molar refractivity (Wildman–Crippen MR) is 75.4 cm³/mol. The summed E-state index contributed by atoms with van der Waals surface area (Å²) < 4.78 is 0. The van der Waals surface area contributed by atoms with E-state index in [0.717, 1.165) is 16.9 Å². The van der Waals surface area contributed by atoms with E-state index in [4.69, 9.17) is 11.6 Å². The number of benzene rings is 1. The molecule has 0 unspecified atom stereocenters. The van der Waals surface area contributed by atoms with Crippen molar-refractivity contribution in [2.45, 2.75) is 51.4 Å². The van der Waals surface area contributed by atoms with Crippen molar-refractivity contribution in [2.75, 3.05) is 0 Å². The summed E-state index contributed by atoms with van der Waals surface area (Å²) in [5.74, 6) is 2.31. The molecule has 3 rings (SSSR count). The molecule has 0 radical (unpaired) electrons. The summed E-state index contributed by atoms with van der Waals surface area (Å²) in [4.78, 5) is 0. The van der Waals surface area contributed by atoms with Gasteiger partial charge in [-0.2, -0.15) is 0 Å². The minimum Gasteiger partial charge on any atom is -0.0843 e. The second-order valence-electron chi connectivity index (χ2n) is 5.38. The molecular weight excluding hydrogens is 228 g/mol. The summed E-state index contributed by atoms with van der Waals surface area (Å²) in [6.07, 6.45) is 12.4. The van der Waals surface area contributed by atoms with Gasteiger partial charge in [-0.1, -0.05) is 81.2 Å². The highest BCUT2D eigenvalue weighted by atomic mass is 35.5. The molecule has 94 valence electrons. The highest BCUT2D eigenvalue weighted by molar-refractivity contribution is 6.30. The summed E-state index contributed by atoms with van der Waals surface area (Å²) in [6, 6.07) is 9.44. The molecule has 1 aromatic carbocycles. The summed E-state index contributed by atoms with van der Waals surface area (Å²) >= 11 is 5.54. The summed E-state index contributed by atoms with van der Waals surface area (Å²) in [5.41, 5.74) is 0. The van der Waals surface area contributed by atoms with E-state index in [2.05, 4.69) is 0 Å². The molecule has 17 heavy (non-hydrogen) atoms. The van der Waals surface area contributed by atoms with Crippen molar-refractivity contribution in [1.82, 2.24) is 0 Å². The lowest BCUT2D eigenvalue weighted by Crippen LogP contribution is -2.22. The zero-order chi connectivity index (χ0) is 11.9.